The number of fused-ring (bicyclic) bond motifs is 1. The van der Waals surface area contributed by atoms with E-state index in [9.17, 15) is 0 Å². The van der Waals surface area contributed by atoms with Crippen LogP contribution in [0, 0.1) is 0 Å². The molecule has 0 spiro atoms. The number of nitrogen functional groups attached to an aromatic ring is 1. The lowest BCUT2D eigenvalue weighted by molar-refractivity contribution is 0.215. The van der Waals surface area contributed by atoms with E-state index in [-0.39, 0.29) is 0 Å². The van der Waals surface area contributed by atoms with Crippen LogP contribution in [0.3, 0.4) is 0 Å². The van der Waals surface area contributed by atoms with Gasteiger partial charge in [-0.15, -0.1) is 0 Å². The van der Waals surface area contributed by atoms with Crippen LogP contribution in [0.4, 0.5) is 5.82 Å². The molecule has 2 aromatic rings. The van der Waals surface area contributed by atoms with Crippen LogP contribution in [0.2, 0.25) is 0 Å². The number of hydrogen-bond donors (Lipinski definition) is 1. The van der Waals surface area contributed by atoms with Gasteiger partial charge in [-0.2, -0.15) is 0 Å². The molecule has 0 fully saturated rings. The molecule has 2 aromatic heterocycles. The third-order valence-electron chi connectivity index (χ3n) is 3.53. The monoisotopic (exact) mass is 376 g/mol. The highest BCUT2D eigenvalue weighted by Crippen LogP contribution is 2.38. The maximum absolute atomic E-state index is 6.05. The Morgan fingerprint density at radius 2 is 2.00 bits per heavy atom. The summed E-state index contributed by atoms with van der Waals surface area (Å²) in [7, 11) is 0.816. The Hall–Kier alpha value is -2.21. The Bertz CT molecular complexity index is 810. The molecule has 0 atom stereocenters. The number of ether oxygens (including phenoxy) is 1. The molecule has 0 aliphatic carbocycles. The van der Waals surface area contributed by atoms with E-state index in [0.29, 0.717) is 31.1 Å². The fourth-order valence-electron chi connectivity index (χ4n) is 2.45. The van der Waals surface area contributed by atoms with E-state index < -0.39 is 8.38 Å². The number of rotatable bonds is 10. The zero-order valence-electron chi connectivity index (χ0n) is 15.4. The van der Waals surface area contributed by atoms with Crippen LogP contribution in [0.15, 0.2) is 43.6 Å². The quantitative estimate of drug-likeness (QED) is 0.383. The zero-order valence-corrected chi connectivity index (χ0v) is 16.3. The van der Waals surface area contributed by atoms with Crippen molar-refractivity contribution in [3.8, 4) is 0 Å². The van der Waals surface area contributed by atoms with Crippen LogP contribution in [0.1, 0.15) is 19.4 Å². The van der Waals surface area contributed by atoms with E-state index in [2.05, 4.69) is 23.1 Å². The van der Waals surface area contributed by atoms with E-state index in [1.807, 2.05) is 31.7 Å². The normalized spacial score (nSPS) is 11.9. The molecule has 0 aliphatic rings. The van der Waals surface area contributed by atoms with Gasteiger partial charge in [0.25, 0.3) is 0 Å². The topological polar surface area (TPSA) is 84.4 Å². The van der Waals surface area contributed by atoms with Gasteiger partial charge in [-0.3, -0.25) is 0 Å². The van der Waals surface area contributed by atoms with Crippen molar-refractivity contribution in [3.63, 3.8) is 0 Å². The smallest absolute Gasteiger partial charge is 0.211 e. The molecule has 140 valence electrons. The highest BCUT2D eigenvalue weighted by atomic mass is 31.2. The lowest BCUT2D eigenvalue weighted by atomic mass is 10.1. The Labute approximate surface area is 155 Å². The summed E-state index contributed by atoms with van der Waals surface area (Å²) in [6.45, 7) is 12.8. The molecule has 0 aliphatic heterocycles. The molecule has 0 unspecified atom stereocenters. The number of nitrogens with zero attached hydrogens (tertiary/aromatic N) is 3. The lowest BCUT2D eigenvalue weighted by Crippen LogP contribution is -1.98. The molecule has 2 rings (SSSR count). The van der Waals surface area contributed by atoms with E-state index in [1.165, 1.54) is 6.33 Å². The van der Waals surface area contributed by atoms with Gasteiger partial charge in [-0.1, -0.05) is 19.2 Å². The number of aryl methyl sites for hydroxylation is 1. The summed E-state index contributed by atoms with van der Waals surface area (Å²) in [5, 5.41) is 0.778. The molecule has 26 heavy (non-hydrogen) atoms. The van der Waals surface area contributed by atoms with Crippen molar-refractivity contribution in [1.29, 1.82) is 0 Å². The van der Waals surface area contributed by atoms with E-state index >= 15 is 0 Å². The minimum atomic E-state index is -1.09. The van der Waals surface area contributed by atoms with Gasteiger partial charge < -0.3 is 24.1 Å². The second kappa shape index (κ2) is 9.48. The maximum atomic E-state index is 6.05. The predicted molar refractivity (Wildman–Crippen MR) is 106 cm³/mol. The van der Waals surface area contributed by atoms with Crippen molar-refractivity contribution in [2.75, 3.05) is 25.3 Å². The summed E-state index contributed by atoms with van der Waals surface area (Å²) in [5.74, 6) is 0.903. The minimum Gasteiger partial charge on any atom is -0.485 e. The van der Waals surface area contributed by atoms with Crippen LogP contribution >= 0.6 is 8.38 Å². The van der Waals surface area contributed by atoms with Gasteiger partial charge in [0.05, 0.1) is 18.6 Å². The van der Waals surface area contributed by atoms with Crippen molar-refractivity contribution in [2.45, 2.75) is 13.8 Å². The number of nitrogens with two attached hydrogens (primary N) is 1. The van der Waals surface area contributed by atoms with Crippen LogP contribution in [-0.2, 0) is 20.8 Å². The number of hydrogen-bond acceptors (Lipinski definition) is 6. The molecular formula is C18H25N4O3P. The summed E-state index contributed by atoms with van der Waals surface area (Å²) in [4.78, 5) is 8.37. The number of anilines is 1. The highest BCUT2D eigenvalue weighted by Gasteiger charge is 2.15. The molecular weight excluding hydrogens is 351 g/mol. The fraction of sp³-hybridized carbons (Fsp3) is 0.333. The first-order chi connectivity index (χ1) is 12.5. The standard InChI is InChI=1S/C18H25N4O3P/c1-6-14(9-13(4)23-12-26(24-7-2)25-8-3)15-10-22(5)18-16(15)17(19)20-11-21-18/h6,9-11H,1,4,7-8,12H2,2-3,5H3,(H2,19,20,21)/b14-9+. The SMILES string of the molecule is C=C/C(=C\C(=C)OCP(OCC)OCC)c1cn(C)c2ncnc(N)c12. The van der Waals surface area contributed by atoms with Gasteiger partial charge in [0, 0.05) is 18.8 Å². The molecule has 0 saturated heterocycles. The van der Waals surface area contributed by atoms with E-state index in [1.54, 1.807) is 12.2 Å². The minimum absolute atomic E-state index is 0.317. The van der Waals surface area contributed by atoms with Crippen molar-refractivity contribution in [1.82, 2.24) is 14.5 Å². The van der Waals surface area contributed by atoms with Crippen LogP contribution in [-0.4, -0.2) is 34.1 Å². The van der Waals surface area contributed by atoms with Gasteiger partial charge >= 0.3 is 0 Å². The van der Waals surface area contributed by atoms with Crippen molar-refractivity contribution < 1.29 is 13.8 Å². The summed E-state index contributed by atoms with van der Waals surface area (Å²) < 4.78 is 18.6. The number of aromatic nitrogens is 3. The molecule has 8 heteroatoms. The Morgan fingerprint density at radius 3 is 2.62 bits per heavy atom. The Kier molecular flexibility index (Phi) is 7.33. The molecule has 7 nitrogen and oxygen atoms in total. The summed E-state index contributed by atoms with van der Waals surface area (Å²) in [5.41, 5.74) is 8.49. The Morgan fingerprint density at radius 1 is 1.31 bits per heavy atom. The first-order valence-corrected chi connectivity index (χ1v) is 9.63. The second-order valence-corrected chi connectivity index (χ2v) is 6.76. The van der Waals surface area contributed by atoms with Gasteiger partial charge in [-0.25, -0.2) is 9.97 Å². The third kappa shape index (κ3) is 4.69. The number of allylic oxidation sites excluding steroid dienone is 3. The Balaban J connectivity index is 2.23. The van der Waals surface area contributed by atoms with Gasteiger partial charge in [0.1, 0.15) is 23.6 Å². The highest BCUT2D eigenvalue weighted by molar-refractivity contribution is 7.47. The molecule has 0 bridgehead atoms. The van der Waals surface area contributed by atoms with Gasteiger partial charge in [0.15, 0.2) is 6.35 Å². The maximum Gasteiger partial charge on any atom is 0.211 e. The third-order valence-corrected chi connectivity index (χ3v) is 4.96. The summed E-state index contributed by atoms with van der Waals surface area (Å²) in [6.07, 6.45) is 7.23. The zero-order chi connectivity index (χ0) is 19.1. The molecule has 2 heterocycles. The summed E-state index contributed by atoms with van der Waals surface area (Å²) in [6, 6.07) is 0. The van der Waals surface area contributed by atoms with E-state index in [4.69, 9.17) is 19.5 Å². The average molecular weight is 376 g/mol. The first kappa shape index (κ1) is 20.1. The average Bonchev–Trinajstić information content (AvgIpc) is 2.96. The predicted octanol–water partition coefficient (Wildman–Crippen LogP) is 3.99. The first-order valence-electron chi connectivity index (χ1n) is 8.26. The second-order valence-electron chi connectivity index (χ2n) is 5.32. The van der Waals surface area contributed by atoms with Crippen LogP contribution in [0.25, 0.3) is 16.6 Å². The van der Waals surface area contributed by atoms with Crippen LogP contribution in [0.5, 0.6) is 0 Å². The van der Waals surface area contributed by atoms with Gasteiger partial charge in [0.2, 0.25) is 8.38 Å². The van der Waals surface area contributed by atoms with Crippen LogP contribution < -0.4 is 5.73 Å². The molecule has 0 aromatic carbocycles. The van der Waals surface area contributed by atoms with Gasteiger partial charge in [-0.05, 0) is 25.5 Å². The molecule has 0 saturated carbocycles. The van der Waals surface area contributed by atoms with Crippen molar-refractivity contribution >= 4 is 30.8 Å². The van der Waals surface area contributed by atoms with Crippen molar-refractivity contribution in [2.24, 2.45) is 7.05 Å². The summed E-state index contributed by atoms with van der Waals surface area (Å²) >= 11 is 0. The fourth-order valence-corrected chi connectivity index (χ4v) is 3.52. The molecule has 0 amide bonds. The van der Waals surface area contributed by atoms with Crippen molar-refractivity contribution in [3.05, 3.63) is 49.2 Å². The molecule has 0 radical (unpaired) electrons. The molecule has 2 N–H and O–H groups in total. The van der Waals surface area contributed by atoms with E-state index in [0.717, 1.165) is 22.2 Å². The largest absolute Gasteiger partial charge is 0.485 e. The lowest BCUT2D eigenvalue weighted by Gasteiger charge is -2.16.